The molecule has 0 bridgehead atoms. The third-order valence-corrected chi connectivity index (χ3v) is 3.65. The molecule has 0 amide bonds. The molecule has 0 saturated carbocycles. The number of nitrogens with zero attached hydrogens (tertiary/aromatic N) is 3. The van der Waals surface area contributed by atoms with Gasteiger partial charge in [0.2, 0.25) is 0 Å². The number of hydrogen-bond donors (Lipinski definition) is 1. The van der Waals surface area contributed by atoms with Gasteiger partial charge in [0.05, 0.1) is 0 Å². The highest BCUT2D eigenvalue weighted by Gasteiger charge is 2.15. The average molecular weight is 279 g/mol. The van der Waals surface area contributed by atoms with Crippen LogP contribution in [0.2, 0.25) is 5.02 Å². The van der Waals surface area contributed by atoms with E-state index in [1.807, 2.05) is 20.0 Å². The van der Waals surface area contributed by atoms with E-state index in [2.05, 4.69) is 34.5 Å². The molecular weight excluding hydrogens is 260 g/mol. The molecule has 1 aromatic heterocycles. The van der Waals surface area contributed by atoms with Crippen molar-refractivity contribution in [3.8, 4) is 0 Å². The van der Waals surface area contributed by atoms with E-state index >= 15 is 0 Å². The molecule has 0 aliphatic heterocycles. The van der Waals surface area contributed by atoms with Gasteiger partial charge in [-0.3, -0.25) is 4.68 Å². The van der Waals surface area contributed by atoms with Crippen LogP contribution in [0.5, 0.6) is 0 Å². The molecule has 0 saturated heterocycles. The summed E-state index contributed by atoms with van der Waals surface area (Å²) in [6.45, 7) is 5.00. The minimum Gasteiger partial charge on any atom is -0.310 e. The van der Waals surface area contributed by atoms with Crippen molar-refractivity contribution in [2.45, 2.75) is 26.3 Å². The van der Waals surface area contributed by atoms with Gasteiger partial charge < -0.3 is 5.32 Å². The third kappa shape index (κ3) is 3.33. The van der Waals surface area contributed by atoms with Crippen LogP contribution in [0.1, 0.15) is 29.9 Å². The number of nitrogens with one attached hydrogen (secondary N) is 1. The average Bonchev–Trinajstić information content (AvgIpc) is 2.78. The maximum absolute atomic E-state index is 6.21. The number of rotatable bonds is 5. The van der Waals surface area contributed by atoms with Crippen molar-refractivity contribution >= 4 is 11.6 Å². The Hall–Kier alpha value is -1.39. The van der Waals surface area contributed by atoms with E-state index in [9.17, 15) is 0 Å². The van der Waals surface area contributed by atoms with Gasteiger partial charge in [0.1, 0.15) is 12.2 Å². The first-order valence-corrected chi connectivity index (χ1v) is 6.82. The summed E-state index contributed by atoms with van der Waals surface area (Å²) >= 11 is 6.21. The molecule has 0 spiro atoms. The lowest BCUT2D eigenvalue weighted by atomic mass is 10.0. The second-order valence-electron chi connectivity index (χ2n) is 4.62. The van der Waals surface area contributed by atoms with E-state index in [4.69, 9.17) is 11.6 Å². The second-order valence-corrected chi connectivity index (χ2v) is 5.03. The van der Waals surface area contributed by atoms with Crippen LogP contribution in [0.15, 0.2) is 24.5 Å². The molecule has 102 valence electrons. The number of aromatic nitrogens is 3. The van der Waals surface area contributed by atoms with Gasteiger partial charge in [-0.2, -0.15) is 5.10 Å². The molecule has 0 radical (unpaired) electrons. The maximum atomic E-state index is 6.21. The largest absolute Gasteiger partial charge is 0.310 e. The Morgan fingerprint density at radius 2 is 2.21 bits per heavy atom. The van der Waals surface area contributed by atoms with Crippen LogP contribution < -0.4 is 5.32 Å². The number of likely N-dealkylation sites (N-methyl/N-ethyl adjacent to an activating group) is 1. The predicted octanol–water partition coefficient (Wildman–Crippen LogP) is 2.67. The zero-order valence-electron chi connectivity index (χ0n) is 11.5. The molecular formula is C14H19ClN4. The van der Waals surface area contributed by atoms with Gasteiger partial charge in [-0.15, -0.1) is 0 Å². The third-order valence-electron chi connectivity index (χ3n) is 3.24. The Bertz CT molecular complexity index is 550. The van der Waals surface area contributed by atoms with E-state index in [-0.39, 0.29) is 6.04 Å². The molecule has 1 N–H and O–H groups in total. The standard InChI is InChI=1S/C14H19ClN4/c1-4-16-13(8-14-17-9-18-19(14)3)11-6-5-10(2)12(15)7-11/h5-7,9,13,16H,4,8H2,1-3H3. The highest BCUT2D eigenvalue weighted by molar-refractivity contribution is 6.31. The lowest BCUT2D eigenvalue weighted by Crippen LogP contribution is -2.24. The van der Waals surface area contributed by atoms with Crippen LogP contribution in [0, 0.1) is 6.92 Å². The first kappa shape index (κ1) is 14.0. The summed E-state index contributed by atoms with van der Waals surface area (Å²) in [6.07, 6.45) is 2.38. The minimum atomic E-state index is 0.200. The van der Waals surface area contributed by atoms with Gasteiger partial charge in [0.15, 0.2) is 0 Å². The zero-order chi connectivity index (χ0) is 13.8. The van der Waals surface area contributed by atoms with E-state index < -0.39 is 0 Å². The Morgan fingerprint density at radius 3 is 2.79 bits per heavy atom. The Balaban J connectivity index is 2.24. The van der Waals surface area contributed by atoms with Gasteiger partial charge in [0, 0.05) is 24.5 Å². The minimum absolute atomic E-state index is 0.200. The number of benzene rings is 1. The van der Waals surface area contributed by atoms with Crippen LogP contribution in [0.4, 0.5) is 0 Å². The van der Waals surface area contributed by atoms with Crippen molar-refractivity contribution in [1.29, 1.82) is 0 Å². The van der Waals surface area contributed by atoms with Crippen molar-refractivity contribution in [3.05, 3.63) is 46.5 Å². The van der Waals surface area contributed by atoms with Crippen LogP contribution in [-0.2, 0) is 13.5 Å². The van der Waals surface area contributed by atoms with Gasteiger partial charge in [0.25, 0.3) is 0 Å². The Labute approximate surface area is 118 Å². The van der Waals surface area contributed by atoms with Gasteiger partial charge >= 0.3 is 0 Å². The first-order chi connectivity index (χ1) is 9.11. The summed E-state index contributed by atoms with van der Waals surface area (Å²) in [4.78, 5) is 4.28. The van der Waals surface area contributed by atoms with Gasteiger partial charge in [-0.25, -0.2) is 4.98 Å². The quantitative estimate of drug-likeness (QED) is 0.914. The molecule has 0 aliphatic rings. The zero-order valence-corrected chi connectivity index (χ0v) is 12.3. The number of aryl methyl sites for hydroxylation is 2. The molecule has 1 heterocycles. The molecule has 5 heteroatoms. The SMILES string of the molecule is CCNC(Cc1ncnn1C)c1ccc(C)c(Cl)c1. The number of halogens is 1. The van der Waals surface area contributed by atoms with E-state index in [1.54, 1.807) is 11.0 Å². The number of hydrogen-bond acceptors (Lipinski definition) is 3. The summed E-state index contributed by atoms with van der Waals surface area (Å²) in [5, 5.41) is 8.38. The lowest BCUT2D eigenvalue weighted by Gasteiger charge is -2.18. The fraction of sp³-hybridized carbons (Fsp3) is 0.429. The Kier molecular flexibility index (Phi) is 4.56. The van der Waals surface area contributed by atoms with E-state index in [0.717, 1.165) is 29.4 Å². The molecule has 2 aromatic rings. The van der Waals surface area contributed by atoms with Gasteiger partial charge in [-0.05, 0) is 30.7 Å². The highest BCUT2D eigenvalue weighted by atomic mass is 35.5. The molecule has 1 aromatic carbocycles. The Morgan fingerprint density at radius 1 is 1.42 bits per heavy atom. The predicted molar refractivity (Wildman–Crippen MR) is 77.3 cm³/mol. The van der Waals surface area contributed by atoms with Gasteiger partial charge in [-0.1, -0.05) is 30.7 Å². The molecule has 1 atom stereocenters. The van der Waals surface area contributed by atoms with E-state index in [0.29, 0.717) is 0 Å². The molecule has 1 unspecified atom stereocenters. The topological polar surface area (TPSA) is 42.7 Å². The summed E-state index contributed by atoms with van der Waals surface area (Å²) < 4.78 is 1.81. The van der Waals surface area contributed by atoms with Crippen molar-refractivity contribution in [1.82, 2.24) is 20.1 Å². The molecule has 0 fully saturated rings. The molecule has 4 nitrogen and oxygen atoms in total. The maximum Gasteiger partial charge on any atom is 0.138 e. The normalized spacial score (nSPS) is 12.6. The first-order valence-electron chi connectivity index (χ1n) is 6.44. The second kappa shape index (κ2) is 6.17. The summed E-state index contributed by atoms with van der Waals surface area (Å²) in [6, 6.07) is 6.40. The summed E-state index contributed by atoms with van der Waals surface area (Å²) in [5.41, 5.74) is 2.28. The fourth-order valence-electron chi connectivity index (χ4n) is 2.07. The van der Waals surface area contributed by atoms with Crippen LogP contribution in [0.25, 0.3) is 0 Å². The van der Waals surface area contributed by atoms with Crippen molar-refractivity contribution in [3.63, 3.8) is 0 Å². The summed E-state index contributed by atoms with van der Waals surface area (Å²) in [7, 11) is 1.91. The monoisotopic (exact) mass is 278 g/mol. The van der Waals surface area contributed by atoms with Crippen LogP contribution >= 0.6 is 11.6 Å². The highest BCUT2D eigenvalue weighted by Crippen LogP contribution is 2.23. The van der Waals surface area contributed by atoms with Crippen molar-refractivity contribution < 1.29 is 0 Å². The van der Waals surface area contributed by atoms with Crippen LogP contribution in [0.3, 0.4) is 0 Å². The fourth-order valence-corrected chi connectivity index (χ4v) is 2.26. The van der Waals surface area contributed by atoms with Crippen molar-refractivity contribution in [2.24, 2.45) is 7.05 Å². The lowest BCUT2D eigenvalue weighted by molar-refractivity contribution is 0.522. The van der Waals surface area contributed by atoms with Crippen molar-refractivity contribution in [2.75, 3.05) is 6.54 Å². The molecule has 2 rings (SSSR count). The van der Waals surface area contributed by atoms with Crippen LogP contribution in [-0.4, -0.2) is 21.3 Å². The van der Waals surface area contributed by atoms with E-state index in [1.165, 1.54) is 5.56 Å². The summed E-state index contributed by atoms with van der Waals surface area (Å²) in [5.74, 6) is 0.961. The molecule has 19 heavy (non-hydrogen) atoms. The molecule has 0 aliphatic carbocycles. The smallest absolute Gasteiger partial charge is 0.138 e.